The van der Waals surface area contributed by atoms with Crippen molar-refractivity contribution >= 4 is 44.8 Å². The minimum Gasteiger partial charge on any atom is -0.482 e. The molecule has 7 nitrogen and oxygen atoms in total. The number of hydrogen-bond donors (Lipinski definition) is 2. The molecule has 2 aromatic heterocycles. The molecular weight excluding hydrogens is 625 g/mol. The lowest BCUT2D eigenvalue weighted by atomic mass is 10.1. The van der Waals surface area contributed by atoms with Crippen molar-refractivity contribution in [2.75, 3.05) is 0 Å². The molecule has 2 aromatic carbocycles. The standard InChI is InChI=1S/C25H18Cl2F6N2O5S/c1-10-19-21(37)34-23(38)35(9-18(36)24(28,29)30)22(19)41-20(10)12-3-6-16(17(7-12)40-25(31,32)33)39-11(2)14-5-4-13(26)8-15(14)27/h3-8,11,18,36H,9H2,1-2H3,(H,34,37,38)/t11-,18?/m1/s1. The van der Waals surface area contributed by atoms with Gasteiger partial charge in [-0.2, -0.15) is 13.2 Å². The van der Waals surface area contributed by atoms with Crippen LogP contribution in [0.4, 0.5) is 26.3 Å². The molecule has 0 saturated carbocycles. The van der Waals surface area contributed by atoms with Crippen molar-refractivity contribution in [3.05, 3.63) is 78.4 Å². The molecule has 0 bridgehead atoms. The average Bonchev–Trinajstić information content (AvgIpc) is 3.18. The fraction of sp³-hybridized carbons (Fsp3) is 0.280. The lowest BCUT2D eigenvalue weighted by Crippen LogP contribution is -2.38. The number of alkyl halides is 6. The first kappa shape index (κ1) is 30.8. The SMILES string of the molecule is Cc1c(-c2ccc(O[C@H](C)c3ccc(Cl)cc3Cl)c(OC(F)(F)F)c2)sc2c1c(=O)[nH]c(=O)n2CC(O)C(F)(F)F. The van der Waals surface area contributed by atoms with Gasteiger partial charge in [-0.1, -0.05) is 29.3 Å². The second-order valence-electron chi connectivity index (χ2n) is 8.80. The number of aliphatic hydroxyl groups excluding tert-OH is 1. The number of aryl methyl sites for hydroxylation is 1. The predicted molar refractivity (Wildman–Crippen MR) is 141 cm³/mol. The summed E-state index contributed by atoms with van der Waals surface area (Å²) in [5.74, 6) is -1.06. The number of rotatable bonds is 7. The van der Waals surface area contributed by atoms with Gasteiger partial charge in [0.2, 0.25) is 0 Å². The molecule has 0 aliphatic rings. The van der Waals surface area contributed by atoms with E-state index in [0.717, 1.165) is 6.07 Å². The third-order valence-electron chi connectivity index (χ3n) is 5.94. The summed E-state index contributed by atoms with van der Waals surface area (Å²) in [7, 11) is 0. The minimum atomic E-state index is -5.13. The first-order valence-electron chi connectivity index (χ1n) is 11.5. The Bertz CT molecular complexity index is 1730. The van der Waals surface area contributed by atoms with Crippen LogP contribution in [0.3, 0.4) is 0 Å². The Morgan fingerprint density at radius 3 is 2.34 bits per heavy atom. The van der Waals surface area contributed by atoms with E-state index in [1.807, 2.05) is 4.98 Å². The zero-order valence-electron chi connectivity index (χ0n) is 20.8. The summed E-state index contributed by atoms with van der Waals surface area (Å²) in [5.41, 5.74) is -1.42. The number of H-pyrrole nitrogens is 1. The van der Waals surface area contributed by atoms with Gasteiger partial charge in [-0.15, -0.1) is 24.5 Å². The maximum absolute atomic E-state index is 13.3. The largest absolute Gasteiger partial charge is 0.573 e. The van der Waals surface area contributed by atoms with E-state index < -0.39 is 48.3 Å². The Hall–Kier alpha value is -3.20. The van der Waals surface area contributed by atoms with Gasteiger partial charge in [-0.3, -0.25) is 14.3 Å². The van der Waals surface area contributed by atoms with Gasteiger partial charge >= 0.3 is 18.2 Å². The molecule has 1 unspecified atom stereocenters. The van der Waals surface area contributed by atoms with Gasteiger partial charge in [0.25, 0.3) is 5.56 Å². The zero-order chi connectivity index (χ0) is 30.4. The highest BCUT2D eigenvalue weighted by Gasteiger charge is 2.39. The number of nitrogens with one attached hydrogen (secondary N) is 1. The highest BCUT2D eigenvalue weighted by Crippen LogP contribution is 2.43. The molecular formula is C25H18Cl2F6N2O5S. The van der Waals surface area contributed by atoms with Crippen LogP contribution in [0.2, 0.25) is 10.0 Å². The molecule has 220 valence electrons. The van der Waals surface area contributed by atoms with Gasteiger partial charge in [0.05, 0.1) is 11.9 Å². The molecule has 2 heterocycles. The molecule has 4 aromatic rings. The summed E-state index contributed by atoms with van der Waals surface area (Å²) in [6, 6.07) is 8.03. The molecule has 0 radical (unpaired) electrons. The number of fused-ring (bicyclic) bond motifs is 1. The number of hydrogen-bond acceptors (Lipinski definition) is 6. The Kier molecular flexibility index (Phi) is 8.42. The van der Waals surface area contributed by atoms with E-state index in [1.165, 1.54) is 38.1 Å². The fourth-order valence-corrected chi connectivity index (χ4v) is 5.90. The average molecular weight is 643 g/mol. The molecule has 0 fully saturated rings. The Morgan fingerprint density at radius 1 is 1.05 bits per heavy atom. The molecule has 0 amide bonds. The van der Waals surface area contributed by atoms with E-state index in [-0.39, 0.29) is 37.0 Å². The van der Waals surface area contributed by atoms with Gasteiger partial charge in [-0.05, 0) is 55.3 Å². The van der Waals surface area contributed by atoms with Crippen molar-refractivity contribution in [1.82, 2.24) is 9.55 Å². The van der Waals surface area contributed by atoms with Crippen molar-refractivity contribution in [2.45, 2.75) is 45.1 Å². The quantitative estimate of drug-likeness (QED) is 0.212. The summed E-state index contributed by atoms with van der Waals surface area (Å²) in [6.07, 6.45) is -13.9. The van der Waals surface area contributed by atoms with Crippen LogP contribution in [0.5, 0.6) is 11.5 Å². The van der Waals surface area contributed by atoms with Gasteiger partial charge in [0.15, 0.2) is 17.6 Å². The number of aliphatic hydroxyl groups is 1. The number of halogens is 8. The van der Waals surface area contributed by atoms with Crippen molar-refractivity contribution in [3.63, 3.8) is 0 Å². The second-order valence-corrected chi connectivity index (χ2v) is 10.6. The van der Waals surface area contributed by atoms with Crippen LogP contribution in [-0.4, -0.2) is 33.3 Å². The fourth-order valence-electron chi connectivity index (χ4n) is 4.03. The first-order valence-corrected chi connectivity index (χ1v) is 13.1. The van der Waals surface area contributed by atoms with Crippen LogP contribution in [0.15, 0.2) is 46.0 Å². The van der Waals surface area contributed by atoms with Gasteiger partial charge in [0, 0.05) is 20.5 Å². The van der Waals surface area contributed by atoms with E-state index in [9.17, 15) is 41.0 Å². The van der Waals surface area contributed by atoms with Crippen LogP contribution >= 0.6 is 34.5 Å². The normalized spacial score (nSPS) is 13.8. The van der Waals surface area contributed by atoms with Gasteiger partial charge in [-0.25, -0.2) is 4.79 Å². The molecule has 0 spiro atoms. The molecule has 16 heteroatoms. The summed E-state index contributed by atoms with van der Waals surface area (Å²) in [5, 5.41) is 9.91. The molecule has 2 atom stereocenters. The number of nitrogens with zero attached hydrogens (tertiary/aromatic N) is 1. The highest BCUT2D eigenvalue weighted by atomic mass is 35.5. The molecule has 0 saturated heterocycles. The summed E-state index contributed by atoms with van der Waals surface area (Å²) in [4.78, 5) is 26.8. The number of aromatic amines is 1. The van der Waals surface area contributed by atoms with Crippen molar-refractivity contribution < 1.29 is 40.9 Å². The van der Waals surface area contributed by atoms with Crippen molar-refractivity contribution in [2.24, 2.45) is 0 Å². The maximum atomic E-state index is 13.3. The summed E-state index contributed by atoms with van der Waals surface area (Å²) >= 11 is 12.8. The van der Waals surface area contributed by atoms with Crippen LogP contribution in [0, 0.1) is 6.92 Å². The van der Waals surface area contributed by atoms with Crippen LogP contribution < -0.4 is 20.7 Å². The number of benzene rings is 2. The van der Waals surface area contributed by atoms with Crippen LogP contribution in [0.1, 0.15) is 24.2 Å². The topological polar surface area (TPSA) is 93.5 Å². The molecule has 0 aliphatic heterocycles. The lowest BCUT2D eigenvalue weighted by molar-refractivity contribution is -0.275. The Balaban J connectivity index is 1.82. The van der Waals surface area contributed by atoms with Crippen LogP contribution in [-0.2, 0) is 6.54 Å². The zero-order valence-corrected chi connectivity index (χ0v) is 23.1. The molecule has 4 rings (SSSR count). The van der Waals surface area contributed by atoms with E-state index in [2.05, 4.69) is 4.74 Å². The van der Waals surface area contributed by atoms with Gasteiger partial charge in [0.1, 0.15) is 10.9 Å². The van der Waals surface area contributed by atoms with E-state index in [0.29, 0.717) is 26.5 Å². The number of ether oxygens (including phenoxy) is 2. The lowest BCUT2D eigenvalue weighted by Gasteiger charge is -2.20. The van der Waals surface area contributed by atoms with E-state index in [4.69, 9.17) is 27.9 Å². The molecule has 0 aliphatic carbocycles. The molecule has 41 heavy (non-hydrogen) atoms. The number of aromatic nitrogens is 2. The first-order chi connectivity index (χ1) is 19.0. The van der Waals surface area contributed by atoms with Crippen LogP contribution in [0.25, 0.3) is 20.7 Å². The minimum absolute atomic E-state index is 0.0854. The monoisotopic (exact) mass is 642 g/mol. The number of thiophene rings is 1. The van der Waals surface area contributed by atoms with Crippen molar-refractivity contribution in [1.29, 1.82) is 0 Å². The summed E-state index contributed by atoms with van der Waals surface area (Å²) < 4.78 is 89.4. The predicted octanol–water partition coefficient (Wildman–Crippen LogP) is 7.00. The van der Waals surface area contributed by atoms with E-state index in [1.54, 1.807) is 6.07 Å². The summed E-state index contributed by atoms with van der Waals surface area (Å²) in [6.45, 7) is 1.74. The Labute approximate surface area is 240 Å². The van der Waals surface area contributed by atoms with Gasteiger partial charge < -0.3 is 14.6 Å². The molecule has 2 N–H and O–H groups in total. The Morgan fingerprint density at radius 2 is 1.73 bits per heavy atom. The smallest absolute Gasteiger partial charge is 0.482 e. The maximum Gasteiger partial charge on any atom is 0.573 e. The second kappa shape index (κ2) is 11.2. The third-order valence-corrected chi connectivity index (χ3v) is 7.86. The van der Waals surface area contributed by atoms with E-state index >= 15 is 0 Å². The van der Waals surface area contributed by atoms with Crippen molar-refractivity contribution in [3.8, 4) is 21.9 Å². The third kappa shape index (κ3) is 6.66. The highest BCUT2D eigenvalue weighted by molar-refractivity contribution is 7.22.